The van der Waals surface area contributed by atoms with Crippen molar-refractivity contribution in [3.8, 4) is 10.6 Å². The number of thiazole rings is 1. The van der Waals surface area contributed by atoms with Crippen molar-refractivity contribution in [2.24, 2.45) is 0 Å². The van der Waals surface area contributed by atoms with Crippen LogP contribution in [-0.2, 0) is 20.7 Å². The van der Waals surface area contributed by atoms with E-state index in [2.05, 4.69) is 10.3 Å². The maximum atomic E-state index is 12.5. The normalized spacial score (nSPS) is 16.2. The van der Waals surface area contributed by atoms with Gasteiger partial charge in [-0.15, -0.1) is 11.3 Å². The fourth-order valence-corrected chi connectivity index (χ4v) is 4.13. The van der Waals surface area contributed by atoms with Gasteiger partial charge in [-0.05, 0) is 12.8 Å². The third kappa shape index (κ3) is 4.07. The Kier molecular flexibility index (Phi) is 5.48. The molecular weight excluding hydrogens is 336 g/mol. The van der Waals surface area contributed by atoms with E-state index in [9.17, 15) is 9.59 Å². The molecule has 1 aliphatic rings. The molecule has 1 amide bonds. The first-order chi connectivity index (χ1) is 12.1. The van der Waals surface area contributed by atoms with Crippen LogP contribution in [0.15, 0.2) is 35.7 Å². The van der Waals surface area contributed by atoms with E-state index in [1.807, 2.05) is 35.7 Å². The van der Waals surface area contributed by atoms with Crippen LogP contribution in [0, 0.1) is 0 Å². The summed E-state index contributed by atoms with van der Waals surface area (Å²) in [6, 6.07) is 9.88. The monoisotopic (exact) mass is 358 g/mol. The zero-order valence-electron chi connectivity index (χ0n) is 14.3. The lowest BCUT2D eigenvalue weighted by Crippen LogP contribution is -2.56. The van der Waals surface area contributed by atoms with Gasteiger partial charge in [-0.1, -0.05) is 49.6 Å². The first-order valence-electron chi connectivity index (χ1n) is 8.52. The van der Waals surface area contributed by atoms with Gasteiger partial charge in [0.25, 0.3) is 0 Å². The molecule has 3 rings (SSSR count). The summed E-state index contributed by atoms with van der Waals surface area (Å²) in [5, 5.41) is 5.72. The molecule has 6 heteroatoms. The largest absolute Gasteiger partial charge is 0.467 e. The zero-order valence-corrected chi connectivity index (χ0v) is 15.1. The van der Waals surface area contributed by atoms with Crippen molar-refractivity contribution >= 4 is 23.2 Å². The van der Waals surface area contributed by atoms with Crippen LogP contribution in [0.1, 0.15) is 37.8 Å². The van der Waals surface area contributed by atoms with Gasteiger partial charge in [0.1, 0.15) is 10.5 Å². The second-order valence-electron chi connectivity index (χ2n) is 6.37. The molecule has 0 spiro atoms. The summed E-state index contributed by atoms with van der Waals surface area (Å²) in [4.78, 5) is 29.3. The number of esters is 1. The Labute approximate surface area is 151 Å². The number of aromatic nitrogens is 1. The summed E-state index contributed by atoms with van der Waals surface area (Å²) < 4.78 is 4.94. The van der Waals surface area contributed by atoms with Crippen LogP contribution in [0.4, 0.5) is 0 Å². The van der Waals surface area contributed by atoms with E-state index in [1.165, 1.54) is 18.4 Å². The van der Waals surface area contributed by atoms with Crippen LogP contribution in [0.3, 0.4) is 0 Å². The number of methoxy groups -OCH3 is 1. The van der Waals surface area contributed by atoms with Crippen molar-refractivity contribution in [1.29, 1.82) is 0 Å². The van der Waals surface area contributed by atoms with Crippen molar-refractivity contribution < 1.29 is 14.3 Å². The molecule has 1 aromatic carbocycles. The molecule has 2 aromatic rings. The third-order valence-corrected chi connectivity index (χ3v) is 5.52. The van der Waals surface area contributed by atoms with E-state index in [4.69, 9.17) is 4.74 Å². The average Bonchev–Trinajstić information content (AvgIpc) is 3.10. The number of rotatable bonds is 5. The summed E-state index contributed by atoms with van der Waals surface area (Å²) in [6.45, 7) is 0. The molecule has 1 N–H and O–H groups in total. The second-order valence-corrected chi connectivity index (χ2v) is 7.23. The number of nitrogens with one attached hydrogen (secondary N) is 1. The first-order valence-corrected chi connectivity index (χ1v) is 9.40. The van der Waals surface area contributed by atoms with Crippen molar-refractivity contribution in [2.45, 2.75) is 44.1 Å². The Bertz CT molecular complexity index is 736. The highest BCUT2D eigenvalue weighted by Crippen LogP contribution is 2.30. The van der Waals surface area contributed by atoms with Crippen LogP contribution < -0.4 is 5.32 Å². The Morgan fingerprint density at radius 1 is 1.20 bits per heavy atom. The van der Waals surface area contributed by atoms with Gasteiger partial charge < -0.3 is 10.1 Å². The maximum absolute atomic E-state index is 12.5. The maximum Gasteiger partial charge on any atom is 0.331 e. The van der Waals surface area contributed by atoms with Gasteiger partial charge in [0.15, 0.2) is 0 Å². The molecule has 0 bridgehead atoms. The minimum atomic E-state index is -0.873. The molecule has 1 aromatic heterocycles. The van der Waals surface area contributed by atoms with Crippen LogP contribution in [0.25, 0.3) is 10.6 Å². The minimum absolute atomic E-state index is 0.169. The Morgan fingerprint density at radius 2 is 1.92 bits per heavy atom. The molecular formula is C19H22N2O3S. The molecule has 132 valence electrons. The second kappa shape index (κ2) is 7.78. The summed E-state index contributed by atoms with van der Waals surface area (Å²) in [5.41, 5.74) is 0.886. The lowest BCUT2D eigenvalue weighted by atomic mass is 9.81. The van der Waals surface area contributed by atoms with Crippen LogP contribution >= 0.6 is 11.3 Å². The molecule has 0 radical (unpaired) electrons. The van der Waals surface area contributed by atoms with Gasteiger partial charge in [-0.3, -0.25) is 4.79 Å². The summed E-state index contributed by atoms with van der Waals surface area (Å²) in [5.74, 6) is -0.527. The highest BCUT2D eigenvalue weighted by Gasteiger charge is 2.41. The molecule has 0 aliphatic heterocycles. The molecule has 0 saturated heterocycles. The Hall–Kier alpha value is -2.21. The lowest BCUT2D eigenvalue weighted by Gasteiger charge is -2.35. The molecule has 1 saturated carbocycles. The predicted octanol–water partition coefficient (Wildman–Crippen LogP) is 3.34. The molecule has 1 aliphatic carbocycles. The smallest absolute Gasteiger partial charge is 0.331 e. The average molecular weight is 358 g/mol. The summed E-state index contributed by atoms with van der Waals surface area (Å²) in [6.07, 6.45) is 4.37. The SMILES string of the molecule is COC(=O)C1(NC(=O)Cc2csc(-c3ccccc3)n2)CCCCC1. The highest BCUT2D eigenvalue weighted by molar-refractivity contribution is 7.13. The van der Waals surface area contributed by atoms with E-state index < -0.39 is 5.54 Å². The van der Waals surface area contributed by atoms with E-state index in [0.29, 0.717) is 12.8 Å². The highest BCUT2D eigenvalue weighted by atomic mass is 32.1. The van der Waals surface area contributed by atoms with Crippen molar-refractivity contribution in [2.75, 3.05) is 7.11 Å². The van der Waals surface area contributed by atoms with E-state index in [0.717, 1.165) is 35.5 Å². The van der Waals surface area contributed by atoms with Gasteiger partial charge in [-0.25, -0.2) is 9.78 Å². The Balaban J connectivity index is 1.67. The minimum Gasteiger partial charge on any atom is -0.467 e. The molecule has 1 fully saturated rings. The van der Waals surface area contributed by atoms with E-state index in [-0.39, 0.29) is 18.3 Å². The lowest BCUT2D eigenvalue weighted by molar-refractivity contribution is -0.152. The van der Waals surface area contributed by atoms with Crippen LogP contribution in [-0.4, -0.2) is 29.5 Å². The quantitative estimate of drug-likeness (QED) is 0.833. The number of carbonyl (C=O) groups is 2. The van der Waals surface area contributed by atoms with Gasteiger partial charge in [-0.2, -0.15) is 0 Å². The number of ether oxygens (including phenoxy) is 1. The fraction of sp³-hybridized carbons (Fsp3) is 0.421. The molecule has 5 nitrogen and oxygen atoms in total. The summed E-state index contributed by atoms with van der Waals surface area (Å²) >= 11 is 1.52. The predicted molar refractivity (Wildman–Crippen MR) is 97.2 cm³/mol. The van der Waals surface area contributed by atoms with Gasteiger partial charge in [0.2, 0.25) is 5.91 Å². The topological polar surface area (TPSA) is 68.3 Å². The zero-order chi connectivity index (χ0) is 17.7. The van der Waals surface area contributed by atoms with E-state index >= 15 is 0 Å². The number of amides is 1. The first kappa shape index (κ1) is 17.6. The fourth-order valence-electron chi connectivity index (χ4n) is 3.31. The number of carbonyl (C=O) groups excluding carboxylic acids is 2. The third-order valence-electron chi connectivity index (χ3n) is 4.58. The number of nitrogens with zero attached hydrogens (tertiary/aromatic N) is 1. The van der Waals surface area contributed by atoms with Crippen LogP contribution in [0.2, 0.25) is 0 Å². The van der Waals surface area contributed by atoms with E-state index in [1.54, 1.807) is 0 Å². The molecule has 0 unspecified atom stereocenters. The number of benzene rings is 1. The Morgan fingerprint density at radius 3 is 2.60 bits per heavy atom. The van der Waals surface area contributed by atoms with Gasteiger partial charge in [0.05, 0.1) is 19.2 Å². The molecule has 0 atom stereocenters. The van der Waals surface area contributed by atoms with Crippen molar-refractivity contribution in [3.63, 3.8) is 0 Å². The van der Waals surface area contributed by atoms with Crippen molar-refractivity contribution in [1.82, 2.24) is 10.3 Å². The molecule has 25 heavy (non-hydrogen) atoms. The van der Waals surface area contributed by atoms with Crippen LogP contribution in [0.5, 0.6) is 0 Å². The van der Waals surface area contributed by atoms with Crippen molar-refractivity contribution in [3.05, 3.63) is 41.4 Å². The standard InChI is InChI=1S/C19H22N2O3S/c1-24-18(23)19(10-6-3-7-11-19)21-16(22)12-15-13-25-17(20-15)14-8-4-2-5-9-14/h2,4-5,8-9,13H,3,6-7,10-12H2,1H3,(H,21,22). The van der Waals surface area contributed by atoms with Gasteiger partial charge in [0, 0.05) is 10.9 Å². The number of hydrogen-bond donors (Lipinski definition) is 1. The van der Waals surface area contributed by atoms with Gasteiger partial charge >= 0.3 is 5.97 Å². The summed E-state index contributed by atoms with van der Waals surface area (Å²) in [7, 11) is 1.37. The molecule has 1 heterocycles. The number of hydrogen-bond acceptors (Lipinski definition) is 5.